The number of hydrogen-bond donors (Lipinski definition) is 0. The van der Waals surface area contributed by atoms with Crippen molar-refractivity contribution < 1.29 is 48.1 Å². The molecule has 0 N–H and O–H groups in total. The van der Waals surface area contributed by atoms with E-state index in [-0.39, 0.29) is 30.2 Å². The Morgan fingerprint density at radius 1 is 0.667 bits per heavy atom. The molecule has 0 aliphatic rings. The largest absolute Gasteiger partial charge is 1.00 e. The van der Waals surface area contributed by atoms with E-state index < -0.39 is 0 Å². The zero-order valence-electron chi connectivity index (χ0n) is 19.6. The summed E-state index contributed by atoms with van der Waals surface area (Å²) in [6.45, 7) is 9.00. The standard InChI is InChI=1S/2C10H9.C9H12Si.2ClH.Zr/c2*1-8-6-9-4-2-3-5-10(9)7-8;1-8(10-2)9-6-4-3-5-7-9;;;/h2*2-7H,1H3;3-8H,1-2H3;2*1H;/q2*-1;;;;+2/p-2. The summed E-state index contributed by atoms with van der Waals surface area (Å²) < 4.78 is 0. The third-order valence-corrected chi connectivity index (χ3v) is 10.3. The molecule has 0 amide bonds. The second-order valence-electron chi connectivity index (χ2n) is 8.14. The van der Waals surface area contributed by atoms with Gasteiger partial charge in [0.25, 0.3) is 0 Å². The summed E-state index contributed by atoms with van der Waals surface area (Å²) in [4.78, 5) is 0. The van der Waals surface area contributed by atoms with Crippen molar-refractivity contribution in [2.45, 2.75) is 32.9 Å². The monoisotopic (exact) mass is 566 g/mol. The fourth-order valence-corrected chi connectivity index (χ4v) is 5.53. The van der Waals surface area contributed by atoms with E-state index in [4.69, 9.17) is 0 Å². The fourth-order valence-electron chi connectivity index (χ4n) is 3.60. The normalized spacial score (nSPS) is 10.6. The molecule has 5 aromatic rings. The number of hydrogen-bond acceptors (Lipinski definition) is 0. The van der Waals surface area contributed by atoms with Crippen molar-refractivity contribution >= 4 is 27.0 Å². The summed E-state index contributed by atoms with van der Waals surface area (Å²) in [6, 6.07) is 36.5. The second kappa shape index (κ2) is 14.7. The van der Waals surface area contributed by atoms with E-state index in [1.807, 2.05) is 0 Å². The summed E-state index contributed by atoms with van der Waals surface area (Å²) in [6.07, 6.45) is 0. The van der Waals surface area contributed by atoms with Gasteiger partial charge in [-0.2, -0.15) is 12.1 Å². The predicted molar refractivity (Wildman–Crippen MR) is 135 cm³/mol. The molecule has 4 heteroatoms. The van der Waals surface area contributed by atoms with E-state index in [9.17, 15) is 0 Å². The van der Waals surface area contributed by atoms with Crippen molar-refractivity contribution in [3.05, 3.63) is 120 Å². The number of benzene rings is 3. The maximum Gasteiger partial charge on any atom is -0.0579 e. The van der Waals surface area contributed by atoms with Crippen molar-refractivity contribution in [1.82, 2.24) is 0 Å². The molecular weight excluding hydrogens is 539 g/mol. The summed E-state index contributed by atoms with van der Waals surface area (Å²) in [5.74, 6) is 0. The van der Waals surface area contributed by atoms with Gasteiger partial charge in [0.2, 0.25) is 0 Å². The molecule has 0 radical (unpaired) electrons. The predicted octanol–water partition coefficient (Wildman–Crippen LogP) is 2.24. The van der Waals surface area contributed by atoms with Crippen molar-refractivity contribution in [1.29, 1.82) is 0 Å². The average Bonchev–Trinajstić information content (AvgIpc) is 3.35. The minimum Gasteiger partial charge on any atom is -1.00 e. The van der Waals surface area contributed by atoms with Gasteiger partial charge in [0.15, 0.2) is 0 Å². The minimum absolute atomic E-state index is 0. The molecule has 0 fully saturated rings. The molecule has 0 saturated carbocycles. The van der Waals surface area contributed by atoms with Gasteiger partial charge in [-0.15, -0.1) is 81.2 Å². The van der Waals surface area contributed by atoms with Gasteiger partial charge in [-0.1, -0.05) is 26.0 Å². The topological polar surface area (TPSA) is 0 Å². The Morgan fingerprint density at radius 2 is 1.06 bits per heavy atom. The molecule has 33 heavy (non-hydrogen) atoms. The van der Waals surface area contributed by atoms with Crippen LogP contribution in [0.25, 0.3) is 21.5 Å². The van der Waals surface area contributed by atoms with E-state index in [0.717, 1.165) is 5.54 Å². The van der Waals surface area contributed by atoms with Crippen molar-refractivity contribution in [3.63, 3.8) is 0 Å². The van der Waals surface area contributed by atoms with E-state index in [1.165, 1.54) is 38.2 Å². The first kappa shape index (κ1) is 29.6. The van der Waals surface area contributed by atoms with Crippen LogP contribution in [0, 0.1) is 13.8 Å². The van der Waals surface area contributed by atoms with E-state index in [1.54, 1.807) is 23.3 Å². The SMILES string of the molecule is CC(c1ccccc1)[Si](C)=[Zr+2].Cc1cc2ccccc2[cH-]1.Cc1cc2ccccc2[cH-]1.[Cl-].[Cl-]. The van der Waals surface area contributed by atoms with Crippen LogP contribution in [0.3, 0.4) is 0 Å². The molecule has 0 heterocycles. The van der Waals surface area contributed by atoms with E-state index in [2.05, 4.69) is 130 Å². The molecule has 0 bridgehead atoms. The van der Waals surface area contributed by atoms with Crippen LogP contribution in [0.5, 0.6) is 0 Å². The zero-order chi connectivity index (χ0) is 22.2. The zero-order valence-corrected chi connectivity index (χ0v) is 24.6. The van der Waals surface area contributed by atoms with Crippen LogP contribution in [-0.4, -0.2) is 5.43 Å². The smallest absolute Gasteiger partial charge is 0.0579 e. The van der Waals surface area contributed by atoms with Gasteiger partial charge < -0.3 is 24.8 Å². The molecule has 5 aromatic carbocycles. The average molecular weight is 569 g/mol. The number of aryl methyl sites for hydroxylation is 2. The van der Waals surface area contributed by atoms with E-state index >= 15 is 0 Å². The van der Waals surface area contributed by atoms with Crippen LogP contribution < -0.4 is 24.8 Å². The molecule has 5 rings (SSSR count). The fraction of sp³-hybridized carbons (Fsp3) is 0.172. The Bertz CT molecular complexity index is 1120. The third kappa shape index (κ3) is 9.02. The first-order valence-corrected chi connectivity index (χ1v) is 16.5. The Balaban J connectivity index is 0.000000240. The van der Waals surface area contributed by atoms with Crippen LogP contribution in [0.1, 0.15) is 29.2 Å². The first-order valence-electron chi connectivity index (χ1n) is 10.8. The van der Waals surface area contributed by atoms with Crippen molar-refractivity contribution in [3.8, 4) is 0 Å². The van der Waals surface area contributed by atoms with Crippen LogP contribution in [0.4, 0.5) is 0 Å². The van der Waals surface area contributed by atoms with Gasteiger partial charge in [-0.05, 0) is 0 Å². The Kier molecular flexibility index (Phi) is 13.2. The van der Waals surface area contributed by atoms with Crippen molar-refractivity contribution in [2.24, 2.45) is 0 Å². The molecule has 0 aromatic heterocycles. The van der Waals surface area contributed by atoms with Crippen molar-refractivity contribution in [2.75, 3.05) is 0 Å². The molecule has 0 nitrogen and oxygen atoms in total. The maximum atomic E-state index is 2.40. The van der Waals surface area contributed by atoms with Gasteiger partial charge in [0.05, 0.1) is 0 Å². The maximum absolute atomic E-state index is 2.40. The molecule has 170 valence electrons. The number of rotatable bonds is 2. The van der Waals surface area contributed by atoms with E-state index in [0.29, 0.717) is 0 Å². The molecule has 0 aliphatic carbocycles. The Morgan fingerprint density at radius 3 is 1.45 bits per heavy atom. The molecule has 0 saturated heterocycles. The third-order valence-electron chi connectivity index (χ3n) is 5.47. The van der Waals surface area contributed by atoms with Gasteiger partial charge in [0.1, 0.15) is 0 Å². The summed E-state index contributed by atoms with van der Waals surface area (Å²) >= 11 is 1.73. The van der Waals surface area contributed by atoms with Gasteiger partial charge in [0, 0.05) is 0 Å². The molecule has 0 spiro atoms. The molecule has 1 unspecified atom stereocenters. The minimum atomic E-state index is -0.0746. The number of halogens is 2. The van der Waals surface area contributed by atoms with Crippen LogP contribution >= 0.6 is 0 Å². The van der Waals surface area contributed by atoms with Gasteiger partial charge in [-0.25, -0.2) is 0 Å². The molecule has 1 atom stereocenters. The summed E-state index contributed by atoms with van der Waals surface area (Å²) in [7, 11) is 0. The van der Waals surface area contributed by atoms with Gasteiger partial charge in [-0.3, -0.25) is 0 Å². The summed E-state index contributed by atoms with van der Waals surface area (Å²) in [5.41, 5.74) is 4.96. The molecule has 0 aliphatic heterocycles. The van der Waals surface area contributed by atoms with Crippen LogP contribution in [0.2, 0.25) is 6.55 Å². The van der Waals surface area contributed by atoms with Crippen LogP contribution in [-0.2, 0) is 23.3 Å². The Labute approximate surface area is 226 Å². The number of fused-ring (bicyclic) bond motifs is 2. The summed E-state index contributed by atoms with van der Waals surface area (Å²) in [5, 5.41) is 5.39. The quantitative estimate of drug-likeness (QED) is 0.227. The first-order chi connectivity index (χ1) is 14.9. The van der Waals surface area contributed by atoms with Gasteiger partial charge >= 0.3 is 83.7 Å². The second-order valence-corrected chi connectivity index (χ2v) is 16.2. The molecular formula is C29H30Cl2SiZr-2. The Hall–Kier alpha value is -1.44. The van der Waals surface area contributed by atoms with Crippen LogP contribution in [0.15, 0.2) is 103 Å².